The maximum atomic E-state index is 13.7. The Kier molecular flexibility index (Phi) is 4.02. The number of pyridine rings is 1. The molecule has 4 aliphatic heterocycles. The summed E-state index contributed by atoms with van der Waals surface area (Å²) < 4.78 is 0. The van der Waals surface area contributed by atoms with Crippen molar-refractivity contribution in [3.05, 3.63) is 65.5 Å². The molecule has 3 fully saturated rings. The lowest BCUT2D eigenvalue weighted by atomic mass is 9.80. The van der Waals surface area contributed by atoms with Gasteiger partial charge in [0, 0.05) is 48.6 Å². The van der Waals surface area contributed by atoms with E-state index in [-0.39, 0.29) is 29.3 Å². The number of aliphatic hydroxyl groups is 1. The van der Waals surface area contributed by atoms with E-state index in [2.05, 4.69) is 4.98 Å². The fourth-order valence-corrected chi connectivity index (χ4v) is 7.34. The van der Waals surface area contributed by atoms with E-state index in [1.165, 1.54) is 0 Å². The minimum Gasteiger partial charge on any atom is -0.385 e. The molecule has 0 radical (unpaired) electrons. The molecule has 0 spiro atoms. The van der Waals surface area contributed by atoms with Crippen LogP contribution in [0.15, 0.2) is 48.8 Å². The van der Waals surface area contributed by atoms with Crippen molar-refractivity contribution in [3.8, 4) is 0 Å². The molecule has 2 aromatic rings. The van der Waals surface area contributed by atoms with E-state index in [9.17, 15) is 14.7 Å². The van der Waals surface area contributed by atoms with Crippen LogP contribution < -0.4 is 0 Å². The van der Waals surface area contributed by atoms with Crippen molar-refractivity contribution < 1.29 is 14.7 Å². The number of hydrogen-bond acceptors (Lipinski definition) is 5. The number of thioether (sulfide) groups is 1. The van der Waals surface area contributed by atoms with Gasteiger partial charge in [-0.15, -0.1) is 11.8 Å². The van der Waals surface area contributed by atoms with E-state index >= 15 is 0 Å². The van der Waals surface area contributed by atoms with Gasteiger partial charge in [-0.25, -0.2) is 0 Å². The van der Waals surface area contributed by atoms with E-state index < -0.39 is 11.6 Å². The van der Waals surface area contributed by atoms with Crippen LogP contribution in [0.4, 0.5) is 0 Å². The number of carbonyl (C=O) groups excluding carboxylic acids is 2. The number of amides is 2. The molecule has 2 bridgehead atoms. The molecule has 4 aliphatic rings. The van der Waals surface area contributed by atoms with Crippen LogP contribution >= 0.6 is 11.8 Å². The molecule has 2 amide bonds. The van der Waals surface area contributed by atoms with Gasteiger partial charge in [-0.05, 0) is 42.2 Å². The number of carbonyl (C=O) groups is 2. The van der Waals surface area contributed by atoms with Gasteiger partial charge in [0.25, 0.3) is 5.91 Å². The molecular formula is C23H23N3O3S. The number of hydrogen-bond donors (Lipinski definition) is 1. The van der Waals surface area contributed by atoms with Crippen molar-refractivity contribution in [2.75, 3.05) is 5.75 Å². The SMILES string of the molecule is O=C(C1CSC2c3ccccc3C(=O)N12)N1C2CCC1CC(O)(c1ccncc1)C2. The van der Waals surface area contributed by atoms with Gasteiger partial charge in [-0.1, -0.05) is 18.2 Å². The fraction of sp³-hybridized carbons (Fsp3) is 0.435. The number of rotatable bonds is 2. The molecule has 1 aromatic heterocycles. The van der Waals surface area contributed by atoms with E-state index in [1.54, 1.807) is 29.1 Å². The Bertz CT molecular complexity index is 1020. The summed E-state index contributed by atoms with van der Waals surface area (Å²) in [7, 11) is 0. The molecule has 1 N–H and O–H groups in total. The Morgan fingerprint density at radius 1 is 1.10 bits per heavy atom. The second kappa shape index (κ2) is 6.56. The van der Waals surface area contributed by atoms with Crippen LogP contribution in [0.3, 0.4) is 0 Å². The zero-order valence-corrected chi connectivity index (χ0v) is 17.3. The van der Waals surface area contributed by atoms with Gasteiger partial charge in [-0.2, -0.15) is 0 Å². The molecule has 6 rings (SSSR count). The Balaban J connectivity index is 1.26. The number of piperidine rings is 1. The highest BCUT2D eigenvalue weighted by atomic mass is 32.2. The van der Waals surface area contributed by atoms with E-state index in [0.717, 1.165) is 29.5 Å². The number of nitrogens with zero attached hydrogens (tertiary/aromatic N) is 3. The van der Waals surface area contributed by atoms with Crippen molar-refractivity contribution in [2.24, 2.45) is 0 Å². The van der Waals surface area contributed by atoms with Gasteiger partial charge in [0.15, 0.2) is 0 Å². The number of benzene rings is 1. The maximum absolute atomic E-state index is 13.7. The van der Waals surface area contributed by atoms with E-state index in [1.807, 2.05) is 41.3 Å². The van der Waals surface area contributed by atoms with Crippen molar-refractivity contribution in [2.45, 2.75) is 54.8 Å². The first kappa shape index (κ1) is 18.4. The number of fused-ring (bicyclic) bond motifs is 5. The van der Waals surface area contributed by atoms with Crippen LogP contribution in [0.5, 0.6) is 0 Å². The second-order valence-electron chi connectivity index (χ2n) is 8.81. The first-order valence-electron chi connectivity index (χ1n) is 10.5. The third-order valence-corrected chi connectivity index (χ3v) is 8.52. The molecule has 4 unspecified atom stereocenters. The molecule has 0 saturated carbocycles. The summed E-state index contributed by atoms with van der Waals surface area (Å²) in [6.07, 6.45) is 6.30. The minimum absolute atomic E-state index is 0.0125. The summed E-state index contributed by atoms with van der Waals surface area (Å²) in [5.74, 6) is 0.653. The molecule has 1 aromatic carbocycles. The first-order valence-corrected chi connectivity index (χ1v) is 11.6. The molecule has 3 saturated heterocycles. The average Bonchev–Trinajstić information content (AvgIpc) is 3.41. The van der Waals surface area contributed by atoms with Crippen molar-refractivity contribution in [1.29, 1.82) is 0 Å². The Morgan fingerprint density at radius 3 is 2.53 bits per heavy atom. The predicted molar refractivity (Wildman–Crippen MR) is 113 cm³/mol. The van der Waals surface area contributed by atoms with Crippen molar-refractivity contribution >= 4 is 23.6 Å². The third kappa shape index (κ3) is 2.51. The highest BCUT2D eigenvalue weighted by molar-refractivity contribution is 7.99. The summed E-state index contributed by atoms with van der Waals surface area (Å²) in [4.78, 5) is 34.6. The molecule has 7 heteroatoms. The summed E-state index contributed by atoms with van der Waals surface area (Å²) in [6.45, 7) is 0. The van der Waals surface area contributed by atoms with Gasteiger partial charge in [0.05, 0.1) is 5.60 Å². The summed E-state index contributed by atoms with van der Waals surface area (Å²) in [6, 6.07) is 11.0. The van der Waals surface area contributed by atoms with Gasteiger partial charge in [0.2, 0.25) is 5.91 Å². The van der Waals surface area contributed by atoms with Crippen LogP contribution in [0, 0.1) is 0 Å². The average molecular weight is 422 g/mol. The normalized spacial score (nSPS) is 34.2. The Hall–Kier alpha value is -2.38. The number of aromatic nitrogens is 1. The zero-order chi connectivity index (χ0) is 20.5. The van der Waals surface area contributed by atoms with Crippen LogP contribution in [-0.2, 0) is 10.4 Å². The predicted octanol–water partition coefficient (Wildman–Crippen LogP) is 2.69. The van der Waals surface area contributed by atoms with Crippen molar-refractivity contribution in [3.63, 3.8) is 0 Å². The third-order valence-electron chi connectivity index (χ3n) is 7.22. The van der Waals surface area contributed by atoms with Gasteiger partial charge < -0.3 is 14.9 Å². The van der Waals surface area contributed by atoms with Crippen LogP contribution in [-0.4, -0.2) is 55.6 Å². The summed E-state index contributed by atoms with van der Waals surface area (Å²) in [5.41, 5.74) is 1.71. The standard InChI is InChI=1S/C23H23N3O3S/c27-20-17-3-1-2-4-18(17)22-26(20)19(13-30-22)21(28)25-15-5-6-16(25)12-23(29,11-15)14-7-9-24-10-8-14/h1-4,7-10,15-16,19,22,29H,5-6,11-13H2. The molecule has 30 heavy (non-hydrogen) atoms. The Labute approximate surface area is 179 Å². The van der Waals surface area contributed by atoms with Gasteiger partial charge >= 0.3 is 0 Å². The topological polar surface area (TPSA) is 73.7 Å². The highest BCUT2D eigenvalue weighted by Crippen LogP contribution is 2.51. The molecular weight excluding hydrogens is 398 g/mol. The van der Waals surface area contributed by atoms with Gasteiger partial charge in [-0.3, -0.25) is 14.6 Å². The lowest BCUT2D eigenvalue weighted by Gasteiger charge is -2.45. The highest BCUT2D eigenvalue weighted by Gasteiger charge is 2.55. The first-order chi connectivity index (χ1) is 14.6. The minimum atomic E-state index is -0.918. The van der Waals surface area contributed by atoms with Gasteiger partial charge in [0.1, 0.15) is 11.4 Å². The van der Waals surface area contributed by atoms with Crippen molar-refractivity contribution in [1.82, 2.24) is 14.8 Å². The van der Waals surface area contributed by atoms with Crippen LogP contribution in [0.2, 0.25) is 0 Å². The molecule has 0 aliphatic carbocycles. The smallest absolute Gasteiger partial charge is 0.256 e. The monoisotopic (exact) mass is 421 g/mol. The lowest BCUT2D eigenvalue weighted by molar-refractivity contribution is -0.146. The lowest BCUT2D eigenvalue weighted by Crippen LogP contribution is -2.57. The largest absolute Gasteiger partial charge is 0.385 e. The summed E-state index contributed by atoms with van der Waals surface area (Å²) >= 11 is 1.68. The molecule has 154 valence electrons. The second-order valence-corrected chi connectivity index (χ2v) is 9.92. The van der Waals surface area contributed by atoms with Crippen LogP contribution in [0.25, 0.3) is 0 Å². The summed E-state index contributed by atoms with van der Waals surface area (Å²) in [5, 5.41) is 11.3. The Morgan fingerprint density at radius 2 is 1.80 bits per heavy atom. The van der Waals surface area contributed by atoms with E-state index in [0.29, 0.717) is 18.6 Å². The van der Waals surface area contributed by atoms with E-state index in [4.69, 9.17) is 0 Å². The molecule has 4 atom stereocenters. The molecule has 6 nitrogen and oxygen atoms in total. The molecule has 5 heterocycles. The fourth-order valence-electron chi connectivity index (χ4n) is 5.89. The zero-order valence-electron chi connectivity index (χ0n) is 16.5. The quantitative estimate of drug-likeness (QED) is 0.807. The maximum Gasteiger partial charge on any atom is 0.256 e. The van der Waals surface area contributed by atoms with Crippen LogP contribution in [0.1, 0.15) is 52.5 Å².